The third-order valence-electron chi connectivity index (χ3n) is 1.87. The number of rotatable bonds is 4. The van der Waals surface area contributed by atoms with Crippen LogP contribution >= 0.6 is 11.3 Å². The molecule has 0 saturated heterocycles. The van der Waals surface area contributed by atoms with Gasteiger partial charge in [-0.15, -0.1) is 11.3 Å². The van der Waals surface area contributed by atoms with Crippen molar-refractivity contribution in [2.24, 2.45) is 0 Å². The summed E-state index contributed by atoms with van der Waals surface area (Å²) in [6, 6.07) is 0. The van der Waals surface area contributed by atoms with Crippen LogP contribution in [0.5, 0.6) is 0 Å². The lowest BCUT2D eigenvalue weighted by molar-refractivity contribution is -0.137. The van der Waals surface area contributed by atoms with E-state index in [1.54, 1.807) is 0 Å². The topological polar surface area (TPSA) is 89.1 Å². The van der Waals surface area contributed by atoms with E-state index in [1.165, 1.54) is 11.3 Å². The molecule has 84 valence electrons. The van der Waals surface area contributed by atoms with Gasteiger partial charge in [0, 0.05) is 11.8 Å². The third kappa shape index (κ3) is 2.43. The second kappa shape index (κ2) is 4.40. The van der Waals surface area contributed by atoms with Crippen molar-refractivity contribution in [1.29, 1.82) is 0 Å². The number of aromatic nitrogens is 3. The summed E-state index contributed by atoms with van der Waals surface area (Å²) in [6.07, 6.45) is 0.225. The summed E-state index contributed by atoms with van der Waals surface area (Å²) in [4.78, 5) is 18.6. The molecule has 0 amide bonds. The van der Waals surface area contributed by atoms with E-state index < -0.39 is 5.97 Å². The Balaban J connectivity index is 2.10. The first-order valence-corrected chi connectivity index (χ1v) is 5.50. The second-order valence-corrected chi connectivity index (χ2v) is 4.22. The summed E-state index contributed by atoms with van der Waals surface area (Å²) in [5.41, 5.74) is 0.660. The number of aliphatic carboxylic acids is 1. The van der Waals surface area contributed by atoms with Gasteiger partial charge in [0.2, 0.25) is 11.7 Å². The number of hydrogen-bond donors (Lipinski definition) is 1. The second-order valence-electron chi connectivity index (χ2n) is 3.16. The summed E-state index contributed by atoms with van der Waals surface area (Å²) in [5.74, 6) is -0.156. The molecular weight excluding hydrogens is 230 g/mol. The monoisotopic (exact) mass is 239 g/mol. The summed E-state index contributed by atoms with van der Waals surface area (Å²) >= 11 is 1.50. The van der Waals surface area contributed by atoms with Gasteiger partial charge in [0.25, 0.3) is 0 Å². The molecule has 0 spiro atoms. The van der Waals surface area contributed by atoms with Crippen LogP contribution in [0.3, 0.4) is 0 Å². The van der Waals surface area contributed by atoms with Crippen LogP contribution in [-0.2, 0) is 11.2 Å². The molecule has 0 saturated carbocycles. The predicted octanol–water partition coefficient (Wildman–Crippen LogP) is 1.52. The maximum absolute atomic E-state index is 10.4. The molecule has 7 heteroatoms. The molecule has 2 heterocycles. The lowest BCUT2D eigenvalue weighted by atomic mass is 10.3. The molecule has 16 heavy (non-hydrogen) atoms. The Kier molecular flexibility index (Phi) is 2.95. The summed E-state index contributed by atoms with van der Waals surface area (Å²) in [5, 5.41) is 15.0. The van der Waals surface area contributed by atoms with E-state index in [4.69, 9.17) is 9.63 Å². The van der Waals surface area contributed by atoms with Crippen LogP contribution in [-0.4, -0.2) is 26.2 Å². The van der Waals surface area contributed by atoms with Crippen molar-refractivity contribution in [3.8, 4) is 11.5 Å². The van der Waals surface area contributed by atoms with Crippen molar-refractivity contribution in [2.75, 3.05) is 0 Å². The van der Waals surface area contributed by atoms with E-state index in [9.17, 15) is 4.79 Å². The molecule has 2 aromatic rings. The Morgan fingerprint density at radius 3 is 3.00 bits per heavy atom. The quantitative estimate of drug-likeness (QED) is 0.870. The molecule has 2 aromatic heterocycles. The number of thiazole rings is 1. The number of carboxylic acid groups (broad SMARTS) is 1. The highest BCUT2D eigenvalue weighted by Gasteiger charge is 2.11. The number of nitrogens with zero attached hydrogens (tertiary/aromatic N) is 3. The van der Waals surface area contributed by atoms with Crippen LogP contribution in [0.1, 0.15) is 17.3 Å². The van der Waals surface area contributed by atoms with Gasteiger partial charge in [0.1, 0.15) is 5.69 Å². The summed E-state index contributed by atoms with van der Waals surface area (Å²) in [7, 11) is 0. The molecule has 0 fully saturated rings. The van der Waals surface area contributed by atoms with E-state index in [-0.39, 0.29) is 12.8 Å². The third-order valence-corrected chi connectivity index (χ3v) is 2.64. The van der Waals surface area contributed by atoms with E-state index in [0.717, 1.165) is 5.01 Å². The van der Waals surface area contributed by atoms with Gasteiger partial charge in [0.05, 0.1) is 11.4 Å². The fourth-order valence-electron chi connectivity index (χ4n) is 1.14. The van der Waals surface area contributed by atoms with E-state index in [1.807, 2.05) is 12.3 Å². The van der Waals surface area contributed by atoms with Gasteiger partial charge < -0.3 is 9.63 Å². The highest BCUT2D eigenvalue weighted by molar-refractivity contribution is 7.09. The van der Waals surface area contributed by atoms with Crippen molar-refractivity contribution in [2.45, 2.75) is 19.8 Å². The number of hydrogen-bond acceptors (Lipinski definition) is 6. The minimum absolute atomic E-state index is 0.0161. The Hall–Kier alpha value is -1.76. The minimum atomic E-state index is -0.885. The molecule has 0 aliphatic rings. The van der Waals surface area contributed by atoms with E-state index in [2.05, 4.69) is 15.1 Å². The van der Waals surface area contributed by atoms with Crippen LogP contribution < -0.4 is 0 Å². The molecule has 6 nitrogen and oxygen atoms in total. The molecule has 0 aliphatic carbocycles. The van der Waals surface area contributed by atoms with E-state index >= 15 is 0 Å². The van der Waals surface area contributed by atoms with Crippen molar-refractivity contribution in [1.82, 2.24) is 15.1 Å². The molecule has 0 bridgehead atoms. The standard InChI is InChI=1S/C9H9N3O3S/c1-5-10-6(4-16-5)9-11-7(15-12-9)2-3-8(13)14/h4H,2-3H2,1H3,(H,13,14). The van der Waals surface area contributed by atoms with Gasteiger partial charge >= 0.3 is 5.97 Å². The predicted molar refractivity (Wildman–Crippen MR) is 56.1 cm³/mol. The molecule has 0 radical (unpaired) electrons. The van der Waals surface area contributed by atoms with Gasteiger partial charge in [-0.05, 0) is 6.92 Å². The van der Waals surface area contributed by atoms with Crippen molar-refractivity contribution >= 4 is 17.3 Å². The van der Waals surface area contributed by atoms with Crippen LogP contribution in [0.15, 0.2) is 9.90 Å². The van der Waals surface area contributed by atoms with Gasteiger partial charge in [-0.3, -0.25) is 4.79 Å². The largest absolute Gasteiger partial charge is 0.481 e. The summed E-state index contributed by atoms with van der Waals surface area (Å²) in [6.45, 7) is 1.89. The summed E-state index contributed by atoms with van der Waals surface area (Å²) < 4.78 is 4.92. The average Bonchev–Trinajstić information content (AvgIpc) is 2.83. The number of carbonyl (C=O) groups is 1. The number of carboxylic acids is 1. The highest BCUT2D eigenvalue weighted by atomic mass is 32.1. The fourth-order valence-corrected chi connectivity index (χ4v) is 1.73. The molecule has 0 aliphatic heterocycles. The lowest BCUT2D eigenvalue weighted by Crippen LogP contribution is -1.97. The maximum atomic E-state index is 10.4. The molecule has 0 unspecified atom stereocenters. The van der Waals surface area contributed by atoms with Crippen LogP contribution in [0, 0.1) is 6.92 Å². The fraction of sp³-hybridized carbons (Fsp3) is 0.333. The molecular formula is C9H9N3O3S. The first kappa shape index (κ1) is 10.7. The zero-order valence-corrected chi connectivity index (χ0v) is 9.32. The van der Waals surface area contributed by atoms with Crippen LogP contribution in [0.2, 0.25) is 0 Å². The Morgan fingerprint density at radius 2 is 2.38 bits per heavy atom. The Morgan fingerprint density at radius 1 is 1.56 bits per heavy atom. The first-order chi connectivity index (χ1) is 7.65. The van der Waals surface area contributed by atoms with Gasteiger partial charge in [-0.2, -0.15) is 4.98 Å². The van der Waals surface area contributed by atoms with Crippen molar-refractivity contribution in [3.63, 3.8) is 0 Å². The lowest BCUT2D eigenvalue weighted by Gasteiger charge is -1.87. The Bertz CT molecular complexity index is 506. The van der Waals surface area contributed by atoms with Gasteiger partial charge in [-0.1, -0.05) is 5.16 Å². The minimum Gasteiger partial charge on any atom is -0.481 e. The maximum Gasteiger partial charge on any atom is 0.303 e. The first-order valence-electron chi connectivity index (χ1n) is 4.62. The number of aryl methyl sites for hydroxylation is 2. The normalized spacial score (nSPS) is 10.6. The molecule has 1 N–H and O–H groups in total. The molecule has 2 rings (SSSR count). The van der Waals surface area contributed by atoms with Gasteiger partial charge in [-0.25, -0.2) is 4.98 Å². The van der Waals surface area contributed by atoms with Crippen LogP contribution in [0.4, 0.5) is 0 Å². The van der Waals surface area contributed by atoms with Gasteiger partial charge in [0.15, 0.2) is 0 Å². The Labute approximate surface area is 94.9 Å². The smallest absolute Gasteiger partial charge is 0.303 e. The zero-order chi connectivity index (χ0) is 11.5. The molecule has 0 aromatic carbocycles. The van der Waals surface area contributed by atoms with Crippen molar-refractivity contribution in [3.05, 3.63) is 16.3 Å². The highest BCUT2D eigenvalue weighted by Crippen LogP contribution is 2.18. The van der Waals surface area contributed by atoms with Crippen LogP contribution in [0.25, 0.3) is 11.5 Å². The molecule has 0 atom stereocenters. The SMILES string of the molecule is Cc1nc(-c2noc(CCC(=O)O)n2)cs1. The van der Waals surface area contributed by atoms with E-state index in [0.29, 0.717) is 17.4 Å². The zero-order valence-electron chi connectivity index (χ0n) is 8.51. The van der Waals surface area contributed by atoms with Crippen molar-refractivity contribution < 1.29 is 14.4 Å². The average molecular weight is 239 g/mol.